The van der Waals surface area contributed by atoms with Gasteiger partial charge in [-0.15, -0.1) is 0 Å². The molecule has 5 nitrogen and oxygen atoms in total. The van der Waals surface area contributed by atoms with Crippen LogP contribution in [0.5, 0.6) is 0 Å². The molecule has 28 heavy (non-hydrogen) atoms. The summed E-state index contributed by atoms with van der Waals surface area (Å²) >= 11 is 0. The van der Waals surface area contributed by atoms with E-state index in [-0.39, 0.29) is 18.1 Å². The minimum atomic E-state index is -0.199. The molecular weight excluding hydrogens is 350 g/mol. The van der Waals surface area contributed by atoms with Crippen molar-refractivity contribution in [3.63, 3.8) is 0 Å². The lowest BCUT2D eigenvalue weighted by atomic mass is 10.1. The minimum absolute atomic E-state index is 0.0141. The van der Waals surface area contributed by atoms with Crippen LogP contribution in [0.1, 0.15) is 0 Å². The minimum Gasteiger partial charge on any atom is -0.314 e. The Morgan fingerprint density at radius 2 is 1.50 bits per heavy atom. The Bertz CT molecular complexity index is 1190. The first-order chi connectivity index (χ1) is 13.6. The summed E-state index contributed by atoms with van der Waals surface area (Å²) in [5.74, 6) is -0.147. The highest BCUT2D eigenvalue weighted by atomic mass is 16.2. The molecule has 0 bridgehead atoms. The first kappa shape index (κ1) is 17.8. The molecule has 0 unspecified atom stereocenters. The van der Waals surface area contributed by atoms with Gasteiger partial charge < -0.3 is 4.90 Å². The Morgan fingerprint density at radius 1 is 0.857 bits per heavy atom. The molecule has 3 aromatic carbocycles. The molecule has 0 fully saturated rings. The summed E-state index contributed by atoms with van der Waals surface area (Å²) < 4.78 is 3.13. The monoisotopic (exact) mass is 371 g/mol. The molecular formula is C23H21N3O2. The maximum Gasteiger partial charge on any atom is 0.329 e. The number of carbonyl (C=O) groups is 1. The van der Waals surface area contributed by atoms with Gasteiger partial charge in [0, 0.05) is 19.8 Å². The van der Waals surface area contributed by atoms with Crippen LogP contribution in [-0.4, -0.2) is 22.1 Å². The smallest absolute Gasteiger partial charge is 0.314 e. The van der Waals surface area contributed by atoms with Gasteiger partial charge in [0.25, 0.3) is 0 Å². The average molecular weight is 371 g/mol. The van der Waals surface area contributed by atoms with Crippen molar-refractivity contribution in [2.75, 3.05) is 11.9 Å². The molecule has 4 aromatic rings. The molecule has 1 amide bonds. The first-order valence-corrected chi connectivity index (χ1v) is 9.12. The van der Waals surface area contributed by atoms with E-state index in [0.29, 0.717) is 0 Å². The van der Waals surface area contributed by atoms with Crippen LogP contribution in [0.25, 0.3) is 22.2 Å². The standard InChI is InChI=1S/C23H21N3O2/c1-24(19-11-7-4-8-12-19)22(27)16-26-21-15-18(17-9-5-3-6-10-17)13-14-20(21)25(2)23(26)28/h3-15H,16H2,1-2H3. The molecule has 0 saturated carbocycles. The fourth-order valence-electron chi connectivity index (χ4n) is 3.41. The van der Waals surface area contributed by atoms with Crippen LogP contribution in [0.3, 0.4) is 0 Å². The maximum atomic E-state index is 12.8. The lowest BCUT2D eigenvalue weighted by Crippen LogP contribution is -2.34. The SMILES string of the molecule is CN(C(=O)Cn1c(=O)n(C)c2ccc(-c3ccccc3)cc21)c1ccccc1. The summed E-state index contributed by atoms with van der Waals surface area (Å²) in [6.07, 6.45) is 0. The van der Waals surface area contributed by atoms with E-state index < -0.39 is 0 Å². The van der Waals surface area contributed by atoms with Crippen molar-refractivity contribution in [1.82, 2.24) is 9.13 Å². The van der Waals surface area contributed by atoms with Gasteiger partial charge in [0.15, 0.2) is 0 Å². The third-order valence-electron chi connectivity index (χ3n) is 5.06. The number of carbonyl (C=O) groups excluding carboxylic acids is 1. The molecule has 0 radical (unpaired) electrons. The van der Waals surface area contributed by atoms with Crippen molar-refractivity contribution < 1.29 is 4.79 Å². The molecule has 0 spiro atoms. The van der Waals surface area contributed by atoms with Gasteiger partial charge in [-0.1, -0.05) is 54.6 Å². The number of fused-ring (bicyclic) bond motifs is 1. The second-order valence-corrected chi connectivity index (χ2v) is 6.79. The molecule has 0 atom stereocenters. The van der Waals surface area contributed by atoms with Crippen molar-refractivity contribution in [2.45, 2.75) is 6.54 Å². The maximum absolute atomic E-state index is 12.8. The second kappa shape index (κ2) is 7.19. The van der Waals surface area contributed by atoms with Crippen LogP contribution in [0.15, 0.2) is 83.7 Å². The Hall–Kier alpha value is -3.60. The van der Waals surface area contributed by atoms with Crippen LogP contribution in [-0.2, 0) is 18.4 Å². The number of likely N-dealkylation sites (N-methyl/N-ethyl adjacent to an activating group) is 1. The Labute approximate surface area is 163 Å². The van der Waals surface area contributed by atoms with E-state index in [1.165, 1.54) is 0 Å². The van der Waals surface area contributed by atoms with Gasteiger partial charge >= 0.3 is 5.69 Å². The van der Waals surface area contributed by atoms with E-state index in [9.17, 15) is 9.59 Å². The second-order valence-electron chi connectivity index (χ2n) is 6.79. The number of aromatic nitrogens is 2. The zero-order valence-electron chi connectivity index (χ0n) is 15.9. The van der Waals surface area contributed by atoms with Gasteiger partial charge in [-0.05, 0) is 35.4 Å². The highest BCUT2D eigenvalue weighted by Crippen LogP contribution is 2.24. The van der Waals surface area contributed by atoms with E-state index in [0.717, 1.165) is 27.8 Å². The molecule has 1 aromatic heterocycles. The summed E-state index contributed by atoms with van der Waals surface area (Å²) in [5, 5.41) is 0. The van der Waals surface area contributed by atoms with Gasteiger partial charge in [-0.2, -0.15) is 0 Å². The van der Waals surface area contributed by atoms with Crippen molar-refractivity contribution in [3.8, 4) is 11.1 Å². The fraction of sp³-hybridized carbons (Fsp3) is 0.130. The number of anilines is 1. The number of imidazole rings is 1. The molecule has 0 aliphatic rings. The number of benzene rings is 3. The largest absolute Gasteiger partial charge is 0.329 e. The first-order valence-electron chi connectivity index (χ1n) is 9.12. The van der Waals surface area contributed by atoms with E-state index in [1.54, 1.807) is 28.1 Å². The predicted molar refractivity (Wildman–Crippen MR) is 112 cm³/mol. The van der Waals surface area contributed by atoms with Crippen molar-refractivity contribution in [2.24, 2.45) is 7.05 Å². The summed E-state index contributed by atoms with van der Waals surface area (Å²) in [6, 6.07) is 25.3. The molecule has 0 aliphatic carbocycles. The highest BCUT2D eigenvalue weighted by Gasteiger charge is 2.17. The van der Waals surface area contributed by atoms with E-state index in [1.807, 2.05) is 78.9 Å². The summed E-state index contributed by atoms with van der Waals surface area (Å²) in [6.45, 7) is -0.0141. The summed E-state index contributed by atoms with van der Waals surface area (Å²) in [7, 11) is 3.46. The van der Waals surface area contributed by atoms with E-state index in [4.69, 9.17) is 0 Å². The topological polar surface area (TPSA) is 47.2 Å². The Morgan fingerprint density at radius 3 is 2.18 bits per heavy atom. The number of aryl methyl sites for hydroxylation is 1. The average Bonchev–Trinajstić information content (AvgIpc) is 2.98. The summed E-state index contributed by atoms with van der Waals surface area (Å²) in [4.78, 5) is 27.2. The third kappa shape index (κ3) is 3.11. The van der Waals surface area contributed by atoms with E-state index >= 15 is 0 Å². The van der Waals surface area contributed by atoms with Gasteiger partial charge in [-0.3, -0.25) is 13.9 Å². The van der Waals surface area contributed by atoms with Crippen LogP contribution in [0.2, 0.25) is 0 Å². The quantitative estimate of drug-likeness (QED) is 0.550. The predicted octanol–water partition coefficient (Wildman–Crippen LogP) is 3.67. The fourth-order valence-corrected chi connectivity index (χ4v) is 3.41. The number of hydrogen-bond donors (Lipinski definition) is 0. The zero-order valence-corrected chi connectivity index (χ0v) is 15.9. The zero-order chi connectivity index (χ0) is 19.7. The van der Waals surface area contributed by atoms with Gasteiger partial charge in [0.05, 0.1) is 11.0 Å². The number of rotatable bonds is 4. The number of amides is 1. The normalized spacial score (nSPS) is 10.9. The van der Waals surface area contributed by atoms with Gasteiger partial charge in [-0.25, -0.2) is 4.79 Å². The lowest BCUT2D eigenvalue weighted by Gasteiger charge is -2.17. The molecule has 5 heteroatoms. The number of hydrogen-bond acceptors (Lipinski definition) is 2. The van der Waals surface area contributed by atoms with Crippen LogP contribution in [0.4, 0.5) is 5.69 Å². The molecule has 140 valence electrons. The number of nitrogens with zero attached hydrogens (tertiary/aromatic N) is 3. The number of para-hydroxylation sites is 1. The van der Waals surface area contributed by atoms with Crippen molar-refractivity contribution in [1.29, 1.82) is 0 Å². The molecule has 0 saturated heterocycles. The van der Waals surface area contributed by atoms with Gasteiger partial charge in [0.2, 0.25) is 5.91 Å². The van der Waals surface area contributed by atoms with Crippen molar-refractivity contribution >= 4 is 22.6 Å². The molecule has 0 aliphatic heterocycles. The van der Waals surface area contributed by atoms with Crippen LogP contribution in [0, 0.1) is 0 Å². The van der Waals surface area contributed by atoms with E-state index in [2.05, 4.69) is 0 Å². The molecule has 1 heterocycles. The highest BCUT2D eigenvalue weighted by molar-refractivity contribution is 5.93. The lowest BCUT2D eigenvalue weighted by molar-refractivity contribution is -0.118. The summed E-state index contributed by atoms with van der Waals surface area (Å²) in [5.41, 5.74) is 4.24. The Kier molecular flexibility index (Phi) is 4.57. The van der Waals surface area contributed by atoms with Crippen LogP contribution < -0.4 is 10.6 Å². The Balaban J connectivity index is 1.75. The molecule has 4 rings (SSSR count). The van der Waals surface area contributed by atoms with Crippen molar-refractivity contribution in [3.05, 3.63) is 89.3 Å². The third-order valence-corrected chi connectivity index (χ3v) is 5.06. The van der Waals surface area contributed by atoms with Gasteiger partial charge in [0.1, 0.15) is 6.54 Å². The molecule has 0 N–H and O–H groups in total. The van der Waals surface area contributed by atoms with Crippen LogP contribution >= 0.6 is 0 Å².